The van der Waals surface area contributed by atoms with Crippen LogP contribution in [0.1, 0.15) is 37.4 Å². The van der Waals surface area contributed by atoms with Gasteiger partial charge < -0.3 is 0 Å². The zero-order valence-electron chi connectivity index (χ0n) is 7.49. The molecule has 0 bridgehead atoms. The van der Waals surface area contributed by atoms with Gasteiger partial charge in [0.25, 0.3) is 12.0 Å². The Balaban J connectivity index is 2.31. The first-order chi connectivity index (χ1) is 6.68. The third-order valence-electron chi connectivity index (χ3n) is 2.55. The molecule has 1 aromatic rings. The van der Waals surface area contributed by atoms with E-state index in [0.29, 0.717) is 0 Å². The van der Waals surface area contributed by atoms with Crippen LogP contribution in [0.2, 0.25) is 0 Å². The molecule has 1 aliphatic carbocycles. The Labute approximate surface area is 79.4 Å². The number of alkyl halides is 2. The fraction of sp³-hybridized carbons (Fsp3) is 0.556. The number of hydrogen-bond acceptors (Lipinski definition) is 2. The average molecular weight is 200 g/mol. The highest BCUT2D eigenvalue weighted by Gasteiger charge is 2.21. The van der Waals surface area contributed by atoms with E-state index in [0.717, 1.165) is 25.3 Å². The summed E-state index contributed by atoms with van der Waals surface area (Å²) in [5.41, 5.74) is -0.814. The Bertz CT molecular complexity index is 385. The summed E-state index contributed by atoms with van der Waals surface area (Å²) in [7, 11) is 0. The third-order valence-corrected chi connectivity index (χ3v) is 2.55. The largest absolute Gasteiger partial charge is 0.296 e. The molecule has 0 spiro atoms. The summed E-state index contributed by atoms with van der Waals surface area (Å²) in [5, 5.41) is 0. The predicted molar refractivity (Wildman–Crippen MR) is 46.3 cm³/mol. The van der Waals surface area contributed by atoms with E-state index in [4.69, 9.17) is 0 Å². The second-order valence-corrected chi connectivity index (χ2v) is 3.44. The number of aromatic nitrogens is 2. The number of hydrogen-bond donors (Lipinski definition) is 0. The lowest BCUT2D eigenvalue weighted by Crippen LogP contribution is -2.29. The first-order valence-electron chi connectivity index (χ1n) is 4.54. The van der Waals surface area contributed by atoms with E-state index in [-0.39, 0.29) is 11.6 Å². The predicted octanol–water partition coefficient (Wildman–Crippen LogP) is 1.91. The molecule has 14 heavy (non-hydrogen) atoms. The van der Waals surface area contributed by atoms with Crippen molar-refractivity contribution < 1.29 is 8.78 Å². The van der Waals surface area contributed by atoms with Crippen molar-refractivity contribution in [3.8, 4) is 0 Å². The summed E-state index contributed by atoms with van der Waals surface area (Å²) in [5.74, 6) is 0. The highest BCUT2D eigenvalue weighted by Crippen LogP contribution is 2.29. The van der Waals surface area contributed by atoms with E-state index in [2.05, 4.69) is 4.98 Å². The van der Waals surface area contributed by atoms with Gasteiger partial charge in [-0.05, 0) is 19.3 Å². The quantitative estimate of drug-likeness (QED) is 0.730. The van der Waals surface area contributed by atoms with Crippen LogP contribution in [0.25, 0.3) is 0 Å². The lowest BCUT2D eigenvalue weighted by atomic mass is 9.93. The van der Waals surface area contributed by atoms with Crippen molar-refractivity contribution in [3.05, 3.63) is 28.4 Å². The minimum Gasteiger partial charge on any atom is -0.296 e. The van der Waals surface area contributed by atoms with E-state index < -0.39 is 12.1 Å². The molecule has 2 rings (SSSR count). The molecule has 0 amide bonds. The Hall–Kier alpha value is -1.26. The molecule has 1 aliphatic rings. The van der Waals surface area contributed by atoms with Gasteiger partial charge in [-0.25, -0.2) is 13.8 Å². The van der Waals surface area contributed by atoms with E-state index >= 15 is 0 Å². The molecule has 1 aromatic heterocycles. The van der Waals surface area contributed by atoms with Crippen LogP contribution in [-0.4, -0.2) is 9.55 Å². The molecular formula is C9H10F2N2O. The number of rotatable bonds is 2. The first-order valence-corrected chi connectivity index (χ1v) is 4.54. The molecule has 0 atom stereocenters. The van der Waals surface area contributed by atoms with Gasteiger partial charge in [0.1, 0.15) is 5.69 Å². The summed E-state index contributed by atoms with van der Waals surface area (Å²) in [6, 6.07) is 1.09. The average Bonchev–Trinajstić information content (AvgIpc) is 2.04. The van der Waals surface area contributed by atoms with Crippen molar-refractivity contribution >= 4 is 0 Å². The van der Waals surface area contributed by atoms with Gasteiger partial charge in [-0.15, -0.1) is 0 Å². The molecule has 1 heterocycles. The van der Waals surface area contributed by atoms with Crippen LogP contribution >= 0.6 is 0 Å². The number of halogens is 2. The van der Waals surface area contributed by atoms with Gasteiger partial charge in [-0.3, -0.25) is 9.36 Å². The van der Waals surface area contributed by atoms with E-state index in [1.807, 2.05) is 0 Å². The SMILES string of the molecule is O=c1cc(C(F)F)ncn1C1CCC1. The van der Waals surface area contributed by atoms with Crippen molar-refractivity contribution in [2.45, 2.75) is 31.7 Å². The number of nitrogens with zero attached hydrogens (tertiary/aromatic N) is 2. The topological polar surface area (TPSA) is 34.9 Å². The van der Waals surface area contributed by atoms with Gasteiger partial charge in [0.15, 0.2) is 0 Å². The summed E-state index contributed by atoms with van der Waals surface area (Å²) < 4.78 is 25.8. The molecule has 76 valence electrons. The molecule has 0 N–H and O–H groups in total. The van der Waals surface area contributed by atoms with Crippen LogP contribution in [0, 0.1) is 0 Å². The van der Waals surface area contributed by atoms with Gasteiger partial charge in [0.2, 0.25) is 0 Å². The fourth-order valence-electron chi connectivity index (χ4n) is 1.48. The monoisotopic (exact) mass is 200 g/mol. The van der Waals surface area contributed by atoms with Gasteiger partial charge in [-0.2, -0.15) is 0 Å². The Morgan fingerprint density at radius 1 is 1.50 bits per heavy atom. The van der Waals surface area contributed by atoms with Crippen molar-refractivity contribution in [2.75, 3.05) is 0 Å². The second-order valence-electron chi connectivity index (χ2n) is 3.44. The molecule has 1 saturated carbocycles. The fourth-order valence-corrected chi connectivity index (χ4v) is 1.48. The molecule has 5 heteroatoms. The molecule has 1 fully saturated rings. The van der Waals surface area contributed by atoms with Crippen molar-refractivity contribution in [2.24, 2.45) is 0 Å². The van der Waals surface area contributed by atoms with Crippen LogP contribution in [0.5, 0.6) is 0 Å². The van der Waals surface area contributed by atoms with Crippen LogP contribution in [0.4, 0.5) is 8.78 Å². The zero-order valence-corrected chi connectivity index (χ0v) is 7.49. The maximum absolute atomic E-state index is 12.2. The second kappa shape index (κ2) is 3.48. The summed E-state index contributed by atoms with van der Waals surface area (Å²) >= 11 is 0. The molecule has 0 aromatic carbocycles. The zero-order chi connectivity index (χ0) is 10.1. The van der Waals surface area contributed by atoms with Gasteiger partial charge in [0, 0.05) is 12.1 Å². The molecule has 0 saturated heterocycles. The maximum Gasteiger partial charge on any atom is 0.280 e. The highest BCUT2D eigenvalue weighted by atomic mass is 19.3. The van der Waals surface area contributed by atoms with Crippen molar-refractivity contribution in [3.63, 3.8) is 0 Å². The van der Waals surface area contributed by atoms with E-state index in [1.165, 1.54) is 10.9 Å². The maximum atomic E-state index is 12.2. The lowest BCUT2D eigenvalue weighted by Gasteiger charge is -2.27. The molecule has 3 nitrogen and oxygen atoms in total. The molecule has 0 aliphatic heterocycles. The smallest absolute Gasteiger partial charge is 0.280 e. The van der Waals surface area contributed by atoms with Crippen LogP contribution < -0.4 is 5.56 Å². The Morgan fingerprint density at radius 3 is 2.64 bits per heavy atom. The van der Waals surface area contributed by atoms with E-state index in [9.17, 15) is 13.6 Å². The van der Waals surface area contributed by atoms with Crippen LogP contribution in [0.15, 0.2) is 17.2 Å². The highest BCUT2D eigenvalue weighted by molar-refractivity contribution is 5.02. The van der Waals surface area contributed by atoms with Crippen molar-refractivity contribution in [1.29, 1.82) is 0 Å². The third kappa shape index (κ3) is 1.54. The lowest BCUT2D eigenvalue weighted by molar-refractivity contribution is 0.145. The first kappa shape index (κ1) is 9.30. The minimum absolute atomic E-state index is 0.168. The summed E-state index contributed by atoms with van der Waals surface area (Å²) in [6.07, 6.45) is 1.53. The van der Waals surface area contributed by atoms with Crippen LogP contribution in [-0.2, 0) is 0 Å². The molecule has 0 radical (unpaired) electrons. The van der Waals surface area contributed by atoms with Gasteiger partial charge in [0.05, 0.1) is 6.33 Å². The molecular weight excluding hydrogens is 190 g/mol. The summed E-state index contributed by atoms with van der Waals surface area (Å²) in [6.45, 7) is 0. The van der Waals surface area contributed by atoms with Crippen LogP contribution in [0.3, 0.4) is 0 Å². The Morgan fingerprint density at radius 2 is 2.21 bits per heavy atom. The minimum atomic E-state index is -2.67. The van der Waals surface area contributed by atoms with Gasteiger partial charge >= 0.3 is 0 Å². The normalized spacial score (nSPS) is 17.1. The Kier molecular flexibility index (Phi) is 2.31. The van der Waals surface area contributed by atoms with Gasteiger partial charge in [-0.1, -0.05) is 0 Å². The standard InChI is InChI=1S/C9H10F2N2O/c10-9(11)7-4-8(14)13(5-12-7)6-2-1-3-6/h4-6,9H,1-3H2. The molecule has 0 unspecified atom stereocenters. The van der Waals surface area contributed by atoms with E-state index in [1.54, 1.807) is 0 Å². The van der Waals surface area contributed by atoms with Crippen molar-refractivity contribution in [1.82, 2.24) is 9.55 Å². The summed E-state index contributed by atoms with van der Waals surface area (Å²) in [4.78, 5) is 14.9.